The summed E-state index contributed by atoms with van der Waals surface area (Å²) in [5, 5.41) is 4.15. The predicted molar refractivity (Wildman–Crippen MR) is 53.9 cm³/mol. The summed E-state index contributed by atoms with van der Waals surface area (Å²) in [4.78, 5) is 8.78. The SMILES string of the molecule is CNC1CCc2cnc(SC)nc21. The van der Waals surface area contributed by atoms with E-state index in [4.69, 9.17) is 0 Å². The van der Waals surface area contributed by atoms with Gasteiger partial charge in [0.15, 0.2) is 5.16 Å². The summed E-state index contributed by atoms with van der Waals surface area (Å²) < 4.78 is 0. The van der Waals surface area contributed by atoms with Crippen LogP contribution in [0.25, 0.3) is 0 Å². The van der Waals surface area contributed by atoms with Crippen LogP contribution >= 0.6 is 11.8 Å². The van der Waals surface area contributed by atoms with Gasteiger partial charge in [0, 0.05) is 6.20 Å². The van der Waals surface area contributed by atoms with Gasteiger partial charge in [0.2, 0.25) is 0 Å². The molecule has 1 aliphatic carbocycles. The van der Waals surface area contributed by atoms with Crippen molar-refractivity contribution in [1.82, 2.24) is 15.3 Å². The molecule has 0 saturated heterocycles. The third-order valence-corrected chi connectivity index (χ3v) is 3.00. The number of fused-ring (bicyclic) bond motifs is 1. The second-order valence-electron chi connectivity index (χ2n) is 3.15. The summed E-state index contributed by atoms with van der Waals surface area (Å²) >= 11 is 1.60. The van der Waals surface area contributed by atoms with Crippen LogP contribution in [0.1, 0.15) is 23.7 Å². The second-order valence-corrected chi connectivity index (χ2v) is 3.92. The van der Waals surface area contributed by atoms with E-state index in [1.807, 2.05) is 19.5 Å². The Hall–Kier alpha value is -0.610. The van der Waals surface area contributed by atoms with Crippen LogP contribution < -0.4 is 5.32 Å². The zero-order chi connectivity index (χ0) is 9.26. The van der Waals surface area contributed by atoms with E-state index >= 15 is 0 Å². The average molecular weight is 195 g/mol. The molecule has 4 heteroatoms. The zero-order valence-electron chi connectivity index (χ0n) is 7.87. The molecule has 0 spiro atoms. The van der Waals surface area contributed by atoms with Gasteiger partial charge in [0.05, 0.1) is 11.7 Å². The Morgan fingerprint density at radius 2 is 2.46 bits per heavy atom. The fourth-order valence-corrected chi connectivity index (χ4v) is 2.06. The molecule has 70 valence electrons. The lowest BCUT2D eigenvalue weighted by Crippen LogP contribution is -2.14. The molecule has 1 unspecified atom stereocenters. The maximum atomic E-state index is 4.51. The van der Waals surface area contributed by atoms with E-state index < -0.39 is 0 Å². The summed E-state index contributed by atoms with van der Waals surface area (Å²) in [6, 6.07) is 0.434. The quantitative estimate of drug-likeness (QED) is 0.572. The Labute approximate surface area is 82.4 Å². The van der Waals surface area contributed by atoms with Gasteiger partial charge in [0.1, 0.15) is 0 Å². The highest BCUT2D eigenvalue weighted by molar-refractivity contribution is 7.98. The molecule has 2 rings (SSSR count). The molecule has 0 aliphatic heterocycles. The zero-order valence-corrected chi connectivity index (χ0v) is 8.69. The Bertz CT molecular complexity index is 314. The van der Waals surface area contributed by atoms with E-state index in [0.717, 1.165) is 18.0 Å². The van der Waals surface area contributed by atoms with Gasteiger partial charge in [-0.2, -0.15) is 0 Å². The van der Waals surface area contributed by atoms with Crippen LogP contribution in [0.2, 0.25) is 0 Å². The monoisotopic (exact) mass is 195 g/mol. The molecule has 3 nitrogen and oxygen atoms in total. The van der Waals surface area contributed by atoms with E-state index in [-0.39, 0.29) is 0 Å². The Morgan fingerprint density at radius 1 is 1.62 bits per heavy atom. The molecule has 1 aromatic rings. The van der Waals surface area contributed by atoms with E-state index in [0.29, 0.717) is 6.04 Å². The molecule has 1 N–H and O–H groups in total. The second kappa shape index (κ2) is 3.64. The molecule has 0 saturated carbocycles. The van der Waals surface area contributed by atoms with Gasteiger partial charge < -0.3 is 5.32 Å². The van der Waals surface area contributed by atoms with E-state index in [2.05, 4.69) is 15.3 Å². The smallest absolute Gasteiger partial charge is 0.187 e. The molecule has 0 aromatic carbocycles. The fourth-order valence-electron chi connectivity index (χ4n) is 1.71. The van der Waals surface area contributed by atoms with Gasteiger partial charge >= 0.3 is 0 Å². The molecule has 1 atom stereocenters. The van der Waals surface area contributed by atoms with Gasteiger partial charge in [-0.3, -0.25) is 0 Å². The highest BCUT2D eigenvalue weighted by atomic mass is 32.2. The van der Waals surface area contributed by atoms with Crippen LogP contribution in [0.5, 0.6) is 0 Å². The Balaban J connectivity index is 2.37. The highest BCUT2D eigenvalue weighted by Crippen LogP contribution is 2.29. The standard InChI is InChI=1S/C9H13N3S/c1-10-7-4-3-6-5-11-9(13-2)12-8(6)7/h5,7,10H,3-4H2,1-2H3. The Morgan fingerprint density at radius 3 is 3.15 bits per heavy atom. The molecular weight excluding hydrogens is 182 g/mol. The average Bonchev–Trinajstić information content (AvgIpc) is 2.59. The largest absolute Gasteiger partial charge is 0.312 e. The van der Waals surface area contributed by atoms with Crippen molar-refractivity contribution in [3.05, 3.63) is 17.5 Å². The summed E-state index contributed by atoms with van der Waals surface area (Å²) in [6.45, 7) is 0. The Kier molecular flexibility index (Phi) is 2.51. The number of thioether (sulfide) groups is 1. The molecular formula is C9H13N3S. The minimum absolute atomic E-state index is 0.434. The summed E-state index contributed by atoms with van der Waals surface area (Å²) in [6.07, 6.45) is 6.23. The molecule has 0 radical (unpaired) electrons. The number of nitrogens with one attached hydrogen (secondary N) is 1. The van der Waals surface area contributed by atoms with Crippen LogP contribution in [0.3, 0.4) is 0 Å². The lowest BCUT2D eigenvalue weighted by molar-refractivity contribution is 0.574. The first-order chi connectivity index (χ1) is 6.35. The summed E-state index contributed by atoms with van der Waals surface area (Å²) in [5.41, 5.74) is 2.50. The third kappa shape index (κ3) is 1.56. The van der Waals surface area contributed by atoms with Crippen LogP contribution in [-0.4, -0.2) is 23.3 Å². The number of aromatic nitrogens is 2. The molecule has 13 heavy (non-hydrogen) atoms. The van der Waals surface area contributed by atoms with E-state index in [9.17, 15) is 0 Å². The van der Waals surface area contributed by atoms with Crippen LogP contribution in [0.4, 0.5) is 0 Å². The van der Waals surface area contributed by atoms with E-state index in [1.54, 1.807) is 11.8 Å². The van der Waals surface area contributed by atoms with Crippen LogP contribution in [0.15, 0.2) is 11.4 Å². The van der Waals surface area contributed by atoms with Gasteiger partial charge in [-0.1, -0.05) is 11.8 Å². The van der Waals surface area contributed by atoms with Gasteiger partial charge in [-0.05, 0) is 31.7 Å². The van der Waals surface area contributed by atoms with Crippen molar-refractivity contribution in [2.75, 3.05) is 13.3 Å². The van der Waals surface area contributed by atoms with Crippen LogP contribution in [-0.2, 0) is 6.42 Å². The topological polar surface area (TPSA) is 37.8 Å². The van der Waals surface area contributed by atoms with Gasteiger partial charge in [-0.25, -0.2) is 9.97 Å². The van der Waals surface area contributed by atoms with E-state index in [1.165, 1.54) is 11.3 Å². The minimum Gasteiger partial charge on any atom is -0.312 e. The lowest BCUT2D eigenvalue weighted by Gasteiger charge is -2.08. The summed E-state index contributed by atoms with van der Waals surface area (Å²) in [5.74, 6) is 0. The van der Waals surface area contributed by atoms with Crippen molar-refractivity contribution in [2.24, 2.45) is 0 Å². The first-order valence-corrected chi connectivity index (χ1v) is 5.64. The number of rotatable bonds is 2. The minimum atomic E-state index is 0.434. The van der Waals surface area contributed by atoms with Crippen molar-refractivity contribution in [2.45, 2.75) is 24.0 Å². The predicted octanol–water partition coefficient (Wildman–Crippen LogP) is 1.41. The molecule has 0 fully saturated rings. The normalized spacial score (nSPS) is 20.3. The number of nitrogens with zero attached hydrogens (tertiary/aromatic N) is 2. The lowest BCUT2D eigenvalue weighted by atomic mass is 10.2. The van der Waals surface area contributed by atoms with Crippen molar-refractivity contribution in [3.8, 4) is 0 Å². The number of hydrogen-bond donors (Lipinski definition) is 1. The third-order valence-electron chi connectivity index (χ3n) is 2.44. The first-order valence-electron chi connectivity index (χ1n) is 4.42. The van der Waals surface area contributed by atoms with Crippen molar-refractivity contribution in [1.29, 1.82) is 0 Å². The highest BCUT2D eigenvalue weighted by Gasteiger charge is 2.23. The maximum absolute atomic E-state index is 4.51. The summed E-state index contributed by atoms with van der Waals surface area (Å²) in [7, 11) is 1.99. The van der Waals surface area contributed by atoms with Crippen molar-refractivity contribution < 1.29 is 0 Å². The fraction of sp³-hybridized carbons (Fsp3) is 0.556. The molecule has 1 aliphatic rings. The van der Waals surface area contributed by atoms with Crippen molar-refractivity contribution >= 4 is 11.8 Å². The van der Waals surface area contributed by atoms with Gasteiger partial charge in [0.25, 0.3) is 0 Å². The van der Waals surface area contributed by atoms with Crippen LogP contribution in [0, 0.1) is 0 Å². The molecule has 0 amide bonds. The first kappa shape index (κ1) is 8.97. The van der Waals surface area contributed by atoms with Gasteiger partial charge in [-0.15, -0.1) is 0 Å². The molecule has 0 bridgehead atoms. The molecule has 1 aromatic heterocycles. The molecule has 1 heterocycles. The maximum Gasteiger partial charge on any atom is 0.187 e. The number of hydrogen-bond acceptors (Lipinski definition) is 4. The van der Waals surface area contributed by atoms with Crippen molar-refractivity contribution in [3.63, 3.8) is 0 Å². The number of aryl methyl sites for hydroxylation is 1.